The number of carbonyl (C=O) groups is 1. The van der Waals surface area contributed by atoms with Gasteiger partial charge in [0.05, 0.1) is 5.69 Å². The first-order chi connectivity index (χ1) is 12.5. The minimum atomic E-state index is 0.203. The number of H-pyrrole nitrogens is 1. The number of pyridine rings is 1. The third kappa shape index (κ3) is 4.06. The number of hydrogen-bond acceptors (Lipinski definition) is 4. The Morgan fingerprint density at radius 1 is 1.35 bits per heavy atom. The van der Waals surface area contributed by atoms with E-state index in [-0.39, 0.29) is 11.9 Å². The van der Waals surface area contributed by atoms with Crippen molar-refractivity contribution < 1.29 is 4.79 Å². The van der Waals surface area contributed by atoms with Crippen LogP contribution in [0.15, 0.2) is 18.2 Å². The molecule has 2 aromatic heterocycles. The molecular formula is C20H29N5O. The number of nitrogens with one attached hydrogen (secondary N) is 1. The van der Waals surface area contributed by atoms with Gasteiger partial charge in [-0.25, -0.2) is 4.98 Å². The number of aryl methyl sites for hydroxylation is 3. The molecule has 1 aliphatic heterocycles. The quantitative estimate of drug-likeness (QED) is 0.896. The Morgan fingerprint density at radius 3 is 2.85 bits per heavy atom. The Hall–Kier alpha value is -2.37. The molecule has 1 aliphatic rings. The normalized spacial score (nSPS) is 17.4. The highest BCUT2D eigenvalue weighted by Gasteiger charge is 2.26. The lowest BCUT2D eigenvalue weighted by molar-refractivity contribution is -0.132. The number of aromatic amines is 1. The van der Waals surface area contributed by atoms with Crippen molar-refractivity contribution in [2.24, 2.45) is 0 Å². The van der Waals surface area contributed by atoms with Crippen molar-refractivity contribution in [3.05, 3.63) is 40.8 Å². The summed E-state index contributed by atoms with van der Waals surface area (Å²) in [5.74, 6) is 1.22. The van der Waals surface area contributed by atoms with E-state index in [1.165, 1.54) is 5.56 Å². The van der Waals surface area contributed by atoms with Crippen LogP contribution in [0.4, 0.5) is 5.82 Å². The second-order valence-electron chi connectivity index (χ2n) is 7.30. The lowest BCUT2D eigenvalue weighted by Crippen LogP contribution is -2.49. The molecule has 26 heavy (non-hydrogen) atoms. The van der Waals surface area contributed by atoms with Crippen LogP contribution in [0.3, 0.4) is 0 Å². The van der Waals surface area contributed by atoms with E-state index >= 15 is 0 Å². The Bertz CT molecular complexity index is 750. The number of piperidine rings is 1. The summed E-state index contributed by atoms with van der Waals surface area (Å²) in [6.45, 7) is 7.86. The van der Waals surface area contributed by atoms with Crippen molar-refractivity contribution in [2.45, 2.75) is 52.5 Å². The average molecular weight is 355 g/mol. The molecule has 1 N–H and O–H groups in total. The SMILES string of the molecule is Cc1cccc(N2CCC[C@@H](N(C)C(=O)CCc3c(C)n[nH]c3C)C2)n1. The number of hydrogen-bond donors (Lipinski definition) is 1. The van der Waals surface area contributed by atoms with Crippen LogP contribution in [0.1, 0.15) is 41.9 Å². The third-order valence-corrected chi connectivity index (χ3v) is 5.40. The molecule has 140 valence electrons. The maximum atomic E-state index is 12.7. The summed E-state index contributed by atoms with van der Waals surface area (Å²) in [5.41, 5.74) is 4.25. The number of aromatic nitrogens is 3. The van der Waals surface area contributed by atoms with Gasteiger partial charge in [-0.2, -0.15) is 5.10 Å². The van der Waals surface area contributed by atoms with Crippen molar-refractivity contribution in [3.8, 4) is 0 Å². The fraction of sp³-hybridized carbons (Fsp3) is 0.550. The Balaban J connectivity index is 1.59. The molecule has 1 amide bonds. The molecule has 0 saturated carbocycles. The number of nitrogens with zero attached hydrogens (tertiary/aromatic N) is 4. The van der Waals surface area contributed by atoms with E-state index in [4.69, 9.17) is 0 Å². The largest absolute Gasteiger partial charge is 0.355 e. The average Bonchev–Trinajstić information content (AvgIpc) is 2.97. The van der Waals surface area contributed by atoms with Gasteiger partial charge in [0.25, 0.3) is 0 Å². The Kier molecular flexibility index (Phi) is 5.59. The van der Waals surface area contributed by atoms with Crippen LogP contribution in [-0.4, -0.2) is 52.2 Å². The first kappa shape index (κ1) is 18.4. The number of amides is 1. The monoisotopic (exact) mass is 355 g/mol. The van der Waals surface area contributed by atoms with Gasteiger partial charge in [-0.1, -0.05) is 6.07 Å². The predicted octanol–water partition coefficient (Wildman–Crippen LogP) is 2.79. The van der Waals surface area contributed by atoms with Crippen LogP contribution in [-0.2, 0) is 11.2 Å². The number of carbonyl (C=O) groups excluding carboxylic acids is 1. The van der Waals surface area contributed by atoms with E-state index in [1.54, 1.807) is 0 Å². The van der Waals surface area contributed by atoms with E-state index < -0.39 is 0 Å². The Labute approximate surface area is 155 Å². The molecule has 6 nitrogen and oxygen atoms in total. The highest BCUT2D eigenvalue weighted by atomic mass is 16.2. The molecule has 1 fully saturated rings. The summed E-state index contributed by atoms with van der Waals surface area (Å²) in [6, 6.07) is 6.36. The zero-order valence-electron chi connectivity index (χ0n) is 16.2. The molecule has 0 aromatic carbocycles. The highest BCUT2D eigenvalue weighted by molar-refractivity contribution is 5.76. The third-order valence-electron chi connectivity index (χ3n) is 5.40. The topological polar surface area (TPSA) is 65.1 Å². The molecule has 0 radical (unpaired) electrons. The van der Waals surface area contributed by atoms with Crippen LogP contribution in [0.25, 0.3) is 0 Å². The maximum Gasteiger partial charge on any atom is 0.222 e. The first-order valence-corrected chi connectivity index (χ1v) is 9.40. The lowest BCUT2D eigenvalue weighted by atomic mass is 10.0. The Morgan fingerprint density at radius 2 is 2.15 bits per heavy atom. The number of anilines is 1. The van der Waals surface area contributed by atoms with Gasteiger partial charge in [0.2, 0.25) is 5.91 Å². The van der Waals surface area contributed by atoms with Gasteiger partial charge in [-0.05, 0) is 57.7 Å². The van der Waals surface area contributed by atoms with Gasteiger partial charge in [0.15, 0.2) is 0 Å². The second kappa shape index (κ2) is 7.89. The van der Waals surface area contributed by atoms with Gasteiger partial charge in [0, 0.05) is 44.0 Å². The van der Waals surface area contributed by atoms with Crippen LogP contribution in [0, 0.1) is 20.8 Å². The predicted molar refractivity (Wildman–Crippen MR) is 103 cm³/mol. The summed E-state index contributed by atoms with van der Waals surface area (Å²) < 4.78 is 0. The summed E-state index contributed by atoms with van der Waals surface area (Å²) >= 11 is 0. The molecular weight excluding hydrogens is 326 g/mol. The molecule has 6 heteroatoms. The van der Waals surface area contributed by atoms with E-state index in [0.717, 1.165) is 55.3 Å². The van der Waals surface area contributed by atoms with E-state index in [0.29, 0.717) is 6.42 Å². The molecule has 1 atom stereocenters. The van der Waals surface area contributed by atoms with Crippen LogP contribution >= 0.6 is 0 Å². The zero-order chi connectivity index (χ0) is 18.7. The first-order valence-electron chi connectivity index (χ1n) is 9.40. The molecule has 3 heterocycles. The summed E-state index contributed by atoms with van der Waals surface area (Å²) in [5, 5.41) is 7.21. The summed E-state index contributed by atoms with van der Waals surface area (Å²) in [6.07, 6.45) is 3.40. The molecule has 3 rings (SSSR count). The number of rotatable bonds is 5. The second-order valence-corrected chi connectivity index (χ2v) is 7.30. The van der Waals surface area contributed by atoms with E-state index in [2.05, 4.69) is 26.1 Å². The van der Waals surface area contributed by atoms with Crippen LogP contribution < -0.4 is 4.90 Å². The van der Waals surface area contributed by atoms with Crippen molar-refractivity contribution in [2.75, 3.05) is 25.0 Å². The molecule has 1 saturated heterocycles. The van der Waals surface area contributed by atoms with E-state index in [1.807, 2.05) is 44.9 Å². The lowest BCUT2D eigenvalue weighted by Gasteiger charge is -2.38. The molecule has 0 aliphatic carbocycles. The summed E-state index contributed by atoms with van der Waals surface area (Å²) in [7, 11) is 1.94. The smallest absolute Gasteiger partial charge is 0.222 e. The molecule has 0 bridgehead atoms. The fourth-order valence-corrected chi connectivity index (χ4v) is 3.74. The van der Waals surface area contributed by atoms with Crippen molar-refractivity contribution in [3.63, 3.8) is 0 Å². The minimum Gasteiger partial charge on any atom is -0.355 e. The van der Waals surface area contributed by atoms with Crippen LogP contribution in [0.2, 0.25) is 0 Å². The number of likely N-dealkylation sites (N-methyl/N-ethyl adjacent to an activating group) is 1. The van der Waals surface area contributed by atoms with Crippen molar-refractivity contribution in [1.82, 2.24) is 20.1 Å². The zero-order valence-corrected chi connectivity index (χ0v) is 16.2. The van der Waals surface area contributed by atoms with Gasteiger partial charge in [-0.15, -0.1) is 0 Å². The fourth-order valence-electron chi connectivity index (χ4n) is 3.74. The van der Waals surface area contributed by atoms with Crippen LogP contribution in [0.5, 0.6) is 0 Å². The molecule has 0 spiro atoms. The van der Waals surface area contributed by atoms with Crippen molar-refractivity contribution >= 4 is 11.7 Å². The maximum absolute atomic E-state index is 12.7. The van der Waals surface area contributed by atoms with E-state index in [9.17, 15) is 4.79 Å². The van der Waals surface area contributed by atoms with Gasteiger partial charge < -0.3 is 9.80 Å². The standard InChI is InChI=1S/C20H29N5O/c1-14-7-5-9-19(21-14)25-12-6-8-17(13-25)24(4)20(26)11-10-18-15(2)22-23-16(18)3/h5,7,9,17H,6,8,10-13H2,1-4H3,(H,22,23)/t17-/m1/s1. The highest BCUT2D eigenvalue weighted by Crippen LogP contribution is 2.21. The van der Waals surface area contributed by atoms with Gasteiger partial charge in [0.1, 0.15) is 5.82 Å². The minimum absolute atomic E-state index is 0.203. The van der Waals surface area contributed by atoms with Gasteiger partial charge >= 0.3 is 0 Å². The summed E-state index contributed by atoms with van der Waals surface area (Å²) in [4.78, 5) is 21.6. The van der Waals surface area contributed by atoms with Crippen molar-refractivity contribution in [1.29, 1.82) is 0 Å². The molecule has 0 unspecified atom stereocenters. The van der Waals surface area contributed by atoms with Gasteiger partial charge in [-0.3, -0.25) is 9.89 Å². The molecule has 2 aromatic rings.